The molecule has 6 N–H and O–H groups in total. The largest absolute Gasteiger partial charge is 0.490 e. The maximum atomic E-state index is 12.3. The molecule has 1 aliphatic heterocycles. The molecule has 3 unspecified atom stereocenters. The Bertz CT molecular complexity index is 1130. The molecule has 35 heavy (non-hydrogen) atoms. The third-order valence-corrected chi connectivity index (χ3v) is 8.16. The molecule has 0 aliphatic carbocycles. The van der Waals surface area contributed by atoms with Crippen LogP contribution in [0.4, 0.5) is 0 Å². The minimum absolute atomic E-state index is 0.0368. The van der Waals surface area contributed by atoms with E-state index >= 15 is 0 Å². The zero-order chi connectivity index (χ0) is 26.6. The van der Waals surface area contributed by atoms with Gasteiger partial charge in [0.15, 0.2) is 6.23 Å². The Kier molecular flexibility index (Phi) is 10.3. The van der Waals surface area contributed by atoms with Gasteiger partial charge in [0.2, 0.25) is 0 Å². The Morgan fingerprint density at radius 3 is 2.34 bits per heavy atom. The number of phosphoric acid groups is 3. The highest BCUT2D eigenvalue weighted by atomic mass is 31.3. The number of methoxy groups -OCH3 is 1. The molecule has 1 saturated heterocycles. The fourth-order valence-electron chi connectivity index (χ4n) is 2.93. The summed E-state index contributed by atoms with van der Waals surface area (Å²) in [7, 11) is -15.4. The lowest BCUT2D eigenvalue weighted by atomic mass is 10.1. The predicted octanol–water partition coefficient (Wildman–Crippen LogP) is -1.13. The number of aromatic amines is 1. The zero-order valence-electron chi connectivity index (χ0n) is 18.2. The van der Waals surface area contributed by atoms with E-state index in [0.29, 0.717) is 13.0 Å². The first-order chi connectivity index (χ1) is 16.1. The molecule has 1 aromatic rings. The summed E-state index contributed by atoms with van der Waals surface area (Å²) in [5.74, 6) is 0. The van der Waals surface area contributed by atoms with Crippen molar-refractivity contribution >= 4 is 23.5 Å². The monoisotopic (exact) mass is 570 g/mol. The summed E-state index contributed by atoms with van der Waals surface area (Å²) in [4.78, 5) is 62.0. The molecule has 1 aliphatic rings. The summed E-state index contributed by atoms with van der Waals surface area (Å²) < 4.78 is 62.8. The molecule has 1 fully saturated rings. The third-order valence-electron chi connectivity index (χ3n) is 4.35. The minimum Gasteiger partial charge on any atom is -0.387 e. The Morgan fingerprint density at radius 2 is 1.74 bits per heavy atom. The lowest BCUT2D eigenvalue weighted by molar-refractivity contribution is -0.0763. The minimum atomic E-state index is -5.74. The predicted molar refractivity (Wildman–Crippen MR) is 112 cm³/mol. The molecule has 202 valence electrons. The van der Waals surface area contributed by atoms with Crippen LogP contribution in [0.25, 0.3) is 0 Å². The van der Waals surface area contributed by atoms with Crippen LogP contribution in [0.3, 0.4) is 0 Å². The van der Waals surface area contributed by atoms with Crippen LogP contribution in [0, 0.1) is 6.92 Å². The summed E-state index contributed by atoms with van der Waals surface area (Å²) in [6.45, 7) is 0.772. The summed E-state index contributed by atoms with van der Waals surface area (Å²) in [5, 5.41) is 10.6. The standard InChI is InChI=1S/C14H25N2O16P3/c1-8-6-16(14(19)15-12(8)18)13-11(28-5-3-4-27-2)10(17)9(30-13)7-29-34(23,24)32-35(25,26)31-33(20,21)22/h6,9-11,13,17H,3-5,7H2,1-2H3,(H,23,24)(H,25,26)(H,15,18,19)(H2,20,21,22)/t9-,10+,11?,13-/m1/s1. The summed E-state index contributed by atoms with van der Waals surface area (Å²) in [6, 6.07) is 0. The number of phosphoric ester groups is 1. The van der Waals surface area contributed by atoms with Gasteiger partial charge in [-0.15, -0.1) is 0 Å². The number of aryl methyl sites for hydroxylation is 1. The van der Waals surface area contributed by atoms with Crippen molar-refractivity contribution in [2.24, 2.45) is 0 Å². The molecule has 18 nitrogen and oxygen atoms in total. The molecule has 2 rings (SSSR count). The van der Waals surface area contributed by atoms with Crippen molar-refractivity contribution < 1.29 is 65.7 Å². The maximum absolute atomic E-state index is 12.3. The van der Waals surface area contributed by atoms with Crippen molar-refractivity contribution in [1.82, 2.24) is 9.55 Å². The fourth-order valence-corrected chi connectivity index (χ4v) is 5.96. The lowest BCUT2D eigenvalue weighted by Crippen LogP contribution is -2.40. The number of nitrogens with one attached hydrogen (secondary N) is 1. The molecule has 2 heterocycles. The molecule has 0 saturated carbocycles. The van der Waals surface area contributed by atoms with Gasteiger partial charge in [0.1, 0.15) is 18.3 Å². The van der Waals surface area contributed by atoms with E-state index in [9.17, 15) is 38.2 Å². The second-order valence-corrected chi connectivity index (χ2v) is 11.5. The van der Waals surface area contributed by atoms with Crippen LogP contribution in [-0.4, -0.2) is 79.5 Å². The summed E-state index contributed by atoms with van der Waals surface area (Å²) in [5.41, 5.74) is -1.44. The van der Waals surface area contributed by atoms with Gasteiger partial charge in [0, 0.05) is 32.1 Å². The number of rotatable bonds is 13. The van der Waals surface area contributed by atoms with Gasteiger partial charge in [-0.3, -0.25) is 18.9 Å². The Balaban J connectivity index is 2.19. The number of hydrogen-bond donors (Lipinski definition) is 6. The van der Waals surface area contributed by atoms with Crippen LogP contribution in [0.5, 0.6) is 0 Å². The van der Waals surface area contributed by atoms with Crippen LogP contribution in [-0.2, 0) is 41.1 Å². The van der Waals surface area contributed by atoms with Crippen molar-refractivity contribution in [3.8, 4) is 0 Å². The highest BCUT2D eigenvalue weighted by molar-refractivity contribution is 7.66. The average molecular weight is 570 g/mol. The van der Waals surface area contributed by atoms with Crippen molar-refractivity contribution in [3.63, 3.8) is 0 Å². The molecule has 0 aromatic carbocycles. The normalized spacial score (nSPS) is 26.4. The summed E-state index contributed by atoms with van der Waals surface area (Å²) in [6.07, 6.45) is -4.12. The maximum Gasteiger partial charge on any atom is 0.490 e. The van der Waals surface area contributed by atoms with E-state index in [1.54, 1.807) is 0 Å². The van der Waals surface area contributed by atoms with Crippen LogP contribution < -0.4 is 11.2 Å². The van der Waals surface area contributed by atoms with E-state index in [1.165, 1.54) is 14.0 Å². The molecule has 0 spiro atoms. The molecule has 0 bridgehead atoms. The van der Waals surface area contributed by atoms with E-state index in [1.807, 2.05) is 0 Å². The highest BCUT2D eigenvalue weighted by Crippen LogP contribution is 2.66. The van der Waals surface area contributed by atoms with Gasteiger partial charge in [-0.25, -0.2) is 18.5 Å². The Morgan fingerprint density at radius 1 is 1.09 bits per heavy atom. The van der Waals surface area contributed by atoms with E-state index in [-0.39, 0.29) is 12.2 Å². The van der Waals surface area contributed by atoms with Gasteiger partial charge in [-0.2, -0.15) is 8.62 Å². The van der Waals surface area contributed by atoms with Gasteiger partial charge in [0.25, 0.3) is 5.56 Å². The van der Waals surface area contributed by atoms with Crippen LogP contribution in [0.15, 0.2) is 15.8 Å². The number of H-pyrrole nitrogens is 1. The number of aromatic nitrogens is 2. The average Bonchev–Trinajstić information content (AvgIpc) is 2.99. The number of aliphatic hydroxyl groups excluding tert-OH is 1. The van der Waals surface area contributed by atoms with Gasteiger partial charge >= 0.3 is 29.2 Å². The first-order valence-corrected chi connectivity index (χ1v) is 14.1. The SMILES string of the molecule is COCCCOC1[C@@H](O)[C@@H](COP(=O)(O)OP(=O)(O)OP(=O)(O)O)O[C@H]1n1cc(C)c(=O)[nH]c1=O. The van der Waals surface area contributed by atoms with E-state index in [0.717, 1.165) is 10.8 Å². The topological polar surface area (TPSA) is 263 Å². The van der Waals surface area contributed by atoms with E-state index < -0.39 is 65.9 Å². The van der Waals surface area contributed by atoms with Gasteiger partial charge in [0.05, 0.1) is 6.61 Å². The van der Waals surface area contributed by atoms with E-state index in [2.05, 4.69) is 18.1 Å². The number of hydrogen-bond acceptors (Lipinski definition) is 12. The van der Waals surface area contributed by atoms with Crippen molar-refractivity contribution in [1.29, 1.82) is 0 Å². The van der Waals surface area contributed by atoms with Crippen LogP contribution in [0.1, 0.15) is 18.2 Å². The molecule has 1 aromatic heterocycles. The van der Waals surface area contributed by atoms with E-state index in [4.69, 9.17) is 24.0 Å². The smallest absolute Gasteiger partial charge is 0.387 e. The molecule has 6 atom stereocenters. The number of ether oxygens (including phenoxy) is 3. The Labute approximate surface area is 196 Å². The van der Waals surface area contributed by atoms with Crippen molar-refractivity contribution in [2.75, 3.05) is 26.9 Å². The number of aliphatic hydroxyl groups is 1. The zero-order valence-corrected chi connectivity index (χ0v) is 20.9. The highest BCUT2D eigenvalue weighted by Gasteiger charge is 2.48. The molecular weight excluding hydrogens is 545 g/mol. The number of nitrogens with zero attached hydrogens (tertiary/aromatic N) is 1. The molecule has 21 heteroatoms. The molecule has 0 radical (unpaired) electrons. The van der Waals surface area contributed by atoms with Crippen molar-refractivity contribution in [2.45, 2.75) is 37.9 Å². The first kappa shape index (κ1) is 30.2. The Hall–Kier alpha value is -1.07. The van der Waals surface area contributed by atoms with Gasteiger partial charge < -0.3 is 38.9 Å². The van der Waals surface area contributed by atoms with Crippen LogP contribution in [0.2, 0.25) is 0 Å². The second kappa shape index (κ2) is 12.0. The molecular formula is C14H25N2O16P3. The van der Waals surface area contributed by atoms with Gasteiger partial charge in [-0.05, 0) is 13.3 Å². The second-order valence-electron chi connectivity index (χ2n) is 7.10. The third kappa shape index (κ3) is 9.07. The quantitative estimate of drug-likeness (QED) is 0.121. The van der Waals surface area contributed by atoms with Crippen molar-refractivity contribution in [3.05, 3.63) is 32.6 Å². The lowest BCUT2D eigenvalue weighted by Gasteiger charge is -2.22. The summed E-state index contributed by atoms with van der Waals surface area (Å²) >= 11 is 0. The fraction of sp³-hybridized carbons (Fsp3) is 0.714. The van der Waals surface area contributed by atoms with Crippen LogP contribution >= 0.6 is 23.5 Å². The molecule has 0 amide bonds. The van der Waals surface area contributed by atoms with Gasteiger partial charge in [-0.1, -0.05) is 0 Å². The first-order valence-electron chi connectivity index (χ1n) is 9.60.